The minimum absolute atomic E-state index is 0.0547. The predicted octanol–water partition coefficient (Wildman–Crippen LogP) is 0.798. The van der Waals surface area contributed by atoms with Crippen molar-refractivity contribution in [2.45, 2.75) is 55.2 Å². The third-order valence-corrected chi connectivity index (χ3v) is 6.70. The molecule has 0 radical (unpaired) electrons. The molecule has 1 amide bonds. The van der Waals surface area contributed by atoms with E-state index in [1.54, 1.807) is 18.2 Å². The molecule has 1 aromatic carbocycles. The van der Waals surface area contributed by atoms with Gasteiger partial charge in [-0.15, -0.1) is 0 Å². The van der Waals surface area contributed by atoms with Crippen LogP contribution in [-0.4, -0.2) is 57.9 Å². The number of nitrogens with one attached hydrogen (secondary N) is 2. The van der Waals surface area contributed by atoms with Gasteiger partial charge in [0.05, 0.1) is 32.0 Å². The Labute approximate surface area is 165 Å². The lowest BCUT2D eigenvalue weighted by molar-refractivity contribution is -0.122. The van der Waals surface area contributed by atoms with E-state index in [2.05, 4.69) is 10.0 Å². The van der Waals surface area contributed by atoms with Crippen LogP contribution >= 0.6 is 0 Å². The molecule has 0 aromatic heterocycles. The maximum absolute atomic E-state index is 12.8. The van der Waals surface area contributed by atoms with Crippen molar-refractivity contribution >= 4 is 15.9 Å². The highest BCUT2D eigenvalue weighted by molar-refractivity contribution is 7.89. The van der Waals surface area contributed by atoms with Crippen LogP contribution in [0.5, 0.6) is 5.75 Å². The molecule has 0 spiro atoms. The van der Waals surface area contributed by atoms with Crippen LogP contribution in [0.2, 0.25) is 0 Å². The first-order chi connectivity index (χ1) is 13.4. The monoisotopic (exact) mass is 412 g/mol. The van der Waals surface area contributed by atoms with E-state index in [1.807, 2.05) is 0 Å². The fourth-order valence-electron chi connectivity index (χ4n) is 3.43. The smallest absolute Gasteiger partial charge is 0.244 e. The van der Waals surface area contributed by atoms with Gasteiger partial charge >= 0.3 is 0 Å². The van der Waals surface area contributed by atoms with Gasteiger partial charge in [0.1, 0.15) is 10.6 Å². The van der Waals surface area contributed by atoms with Crippen LogP contribution in [0, 0.1) is 5.92 Å². The molecule has 1 aliphatic carbocycles. The van der Waals surface area contributed by atoms with Crippen molar-refractivity contribution in [1.82, 2.24) is 10.0 Å². The number of carbonyl (C=O) groups is 1. The Morgan fingerprint density at radius 2 is 2.00 bits per heavy atom. The van der Waals surface area contributed by atoms with Crippen LogP contribution in [0.15, 0.2) is 29.2 Å². The molecule has 1 aromatic rings. The van der Waals surface area contributed by atoms with Gasteiger partial charge in [-0.25, -0.2) is 13.1 Å². The van der Waals surface area contributed by atoms with Crippen molar-refractivity contribution in [2.24, 2.45) is 5.92 Å². The van der Waals surface area contributed by atoms with Crippen molar-refractivity contribution in [3.63, 3.8) is 0 Å². The Morgan fingerprint density at radius 1 is 1.25 bits per heavy atom. The molecule has 9 heteroatoms. The molecule has 0 bridgehead atoms. The summed E-state index contributed by atoms with van der Waals surface area (Å²) in [5, 5.41) is 12.6. The number of hydrogen-bond acceptors (Lipinski definition) is 6. The topological polar surface area (TPSA) is 114 Å². The number of carbonyl (C=O) groups excluding carboxylic acids is 1. The van der Waals surface area contributed by atoms with E-state index in [9.17, 15) is 18.3 Å². The Bertz CT molecular complexity index is 780. The van der Waals surface area contributed by atoms with E-state index in [0.717, 1.165) is 12.8 Å². The Balaban J connectivity index is 1.55. The largest absolute Gasteiger partial charge is 0.495 e. The minimum Gasteiger partial charge on any atom is -0.495 e. The molecule has 3 rings (SSSR count). The average molecular weight is 413 g/mol. The van der Waals surface area contributed by atoms with Crippen LogP contribution in [0.25, 0.3) is 0 Å². The number of aliphatic hydroxyl groups is 1. The summed E-state index contributed by atoms with van der Waals surface area (Å²) in [6, 6.07) is 5.86. The zero-order chi connectivity index (χ0) is 20.1. The molecule has 28 heavy (non-hydrogen) atoms. The summed E-state index contributed by atoms with van der Waals surface area (Å²) in [5.41, 5.74) is 0. The second-order valence-electron chi connectivity index (χ2n) is 7.29. The van der Waals surface area contributed by atoms with Crippen molar-refractivity contribution < 1.29 is 27.8 Å². The van der Waals surface area contributed by atoms with Gasteiger partial charge in [-0.2, -0.15) is 0 Å². The van der Waals surface area contributed by atoms with Crippen molar-refractivity contribution in [1.29, 1.82) is 0 Å². The fourth-order valence-corrected chi connectivity index (χ4v) is 4.90. The van der Waals surface area contributed by atoms with E-state index >= 15 is 0 Å². The number of sulfonamides is 1. The van der Waals surface area contributed by atoms with Crippen LogP contribution in [0.3, 0.4) is 0 Å². The molecular weight excluding hydrogens is 384 g/mol. The van der Waals surface area contributed by atoms with Crippen LogP contribution in [0.1, 0.15) is 32.1 Å². The summed E-state index contributed by atoms with van der Waals surface area (Å²) in [6.07, 6.45) is 3.00. The number of para-hydroxylation sites is 1. The van der Waals surface area contributed by atoms with Crippen LogP contribution in [-0.2, 0) is 19.6 Å². The molecule has 1 saturated carbocycles. The van der Waals surface area contributed by atoms with Gasteiger partial charge in [0, 0.05) is 12.5 Å². The Kier molecular flexibility index (Phi) is 6.92. The first-order valence-corrected chi connectivity index (χ1v) is 11.1. The summed E-state index contributed by atoms with van der Waals surface area (Å²) in [6.45, 7) is 0.236. The predicted molar refractivity (Wildman–Crippen MR) is 102 cm³/mol. The molecule has 2 fully saturated rings. The lowest BCUT2D eigenvalue weighted by atomic mass is 9.98. The summed E-state index contributed by atoms with van der Waals surface area (Å²) in [7, 11) is -2.40. The molecule has 0 unspecified atom stereocenters. The number of hydrogen-bond donors (Lipinski definition) is 3. The van der Waals surface area contributed by atoms with Gasteiger partial charge in [0.25, 0.3) is 0 Å². The van der Waals surface area contributed by atoms with E-state index in [-0.39, 0.29) is 35.2 Å². The van der Waals surface area contributed by atoms with Crippen LogP contribution < -0.4 is 14.8 Å². The van der Waals surface area contributed by atoms with Gasteiger partial charge in [-0.3, -0.25) is 4.79 Å². The number of aliphatic hydroxyl groups excluding tert-OH is 1. The Morgan fingerprint density at radius 3 is 2.68 bits per heavy atom. The van der Waals surface area contributed by atoms with E-state index in [0.29, 0.717) is 25.8 Å². The van der Waals surface area contributed by atoms with Crippen molar-refractivity contribution in [3.8, 4) is 5.75 Å². The standard InChI is InChI=1S/C19H28N2O6S/c1-26-16-4-2-3-5-18(16)28(24,25)21-15-9-8-14(27-17(15)12-22)10-11-20-19(23)13-6-7-13/h2-5,13-15,17,21-22H,6-12H2,1H3,(H,20,23)/t14-,15-,17+/m1/s1. The summed E-state index contributed by atoms with van der Waals surface area (Å²) in [4.78, 5) is 11.7. The lowest BCUT2D eigenvalue weighted by Crippen LogP contribution is -2.51. The number of methoxy groups -OCH3 is 1. The lowest BCUT2D eigenvalue weighted by Gasteiger charge is -2.36. The molecule has 8 nitrogen and oxygen atoms in total. The van der Waals surface area contributed by atoms with Gasteiger partial charge < -0.3 is 19.9 Å². The normalized spacial score (nSPS) is 25.3. The molecule has 156 valence electrons. The molecule has 2 aliphatic rings. The molecule has 1 aliphatic heterocycles. The maximum Gasteiger partial charge on any atom is 0.244 e. The zero-order valence-electron chi connectivity index (χ0n) is 16.0. The molecule has 3 atom stereocenters. The highest BCUT2D eigenvalue weighted by atomic mass is 32.2. The average Bonchev–Trinajstić information content (AvgIpc) is 3.54. The number of benzene rings is 1. The Hall–Kier alpha value is -1.68. The highest BCUT2D eigenvalue weighted by Crippen LogP contribution is 2.29. The summed E-state index contributed by atoms with van der Waals surface area (Å²) >= 11 is 0. The zero-order valence-corrected chi connectivity index (χ0v) is 16.8. The molecular formula is C19H28N2O6S. The van der Waals surface area contributed by atoms with Gasteiger partial charge in [-0.1, -0.05) is 12.1 Å². The van der Waals surface area contributed by atoms with Gasteiger partial charge in [-0.05, 0) is 44.2 Å². The fraction of sp³-hybridized carbons (Fsp3) is 0.632. The van der Waals surface area contributed by atoms with Crippen molar-refractivity contribution in [2.75, 3.05) is 20.3 Å². The van der Waals surface area contributed by atoms with Crippen LogP contribution in [0.4, 0.5) is 0 Å². The van der Waals surface area contributed by atoms with E-state index < -0.39 is 22.2 Å². The van der Waals surface area contributed by atoms with Gasteiger partial charge in [0.15, 0.2) is 0 Å². The second-order valence-corrected chi connectivity index (χ2v) is 8.97. The summed E-state index contributed by atoms with van der Waals surface area (Å²) in [5.74, 6) is 0.528. The minimum atomic E-state index is -3.82. The number of amides is 1. The highest BCUT2D eigenvalue weighted by Gasteiger charge is 2.35. The molecule has 3 N–H and O–H groups in total. The third kappa shape index (κ3) is 5.22. The first-order valence-electron chi connectivity index (χ1n) is 9.64. The number of ether oxygens (including phenoxy) is 2. The van der Waals surface area contributed by atoms with Crippen molar-refractivity contribution in [3.05, 3.63) is 24.3 Å². The summed E-state index contributed by atoms with van der Waals surface area (Å²) < 4.78 is 39.2. The van der Waals surface area contributed by atoms with E-state index in [4.69, 9.17) is 9.47 Å². The molecule has 1 saturated heterocycles. The second kappa shape index (κ2) is 9.21. The van der Waals surface area contributed by atoms with Gasteiger partial charge in [0.2, 0.25) is 15.9 Å². The first kappa shape index (κ1) is 21.0. The molecule has 1 heterocycles. The maximum atomic E-state index is 12.8. The quantitative estimate of drug-likeness (QED) is 0.553. The third-order valence-electron chi connectivity index (χ3n) is 5.17. The number of rotatable bonds is 9. The van der Waals surface area contributed by atoms with E-state index in [1.165, 1.54) is 13.2 Å². The SMILES string of the molecule is COc1ccccc1S(=O)(=O)N[C@@H]1CC[C@H](CCNC(=O)C2CC2)O[C@H]1CO.